The number of methoxy groups -OCH3 is 1. The van der Waals surface area contributed by atoms with Gasteiger partial charge in [-0.15, -0.1) is 0 Å². The van der Waals surface area contributed by atoms with Crippen LogP contribution in [0.3, 0.4) is 0 Å². The van der Waals surface area contributed by atoms with Crippen molar-refractivity contribution < 1.29 is 4.74 Å². The molecule has 1 aromatic heterocycles. The molecule has 1 heterocycles. The number of nitrogens with one attached hydrogen (secondary N) is 1. The molecule has 1 atom stereocenters. The molecule has 1 N–H and O–H groups in total. The lowest BCUT2D eigenvalue weighted by atomic mass is 10.2. The molecular formula is C15H21N3O. The van der Waals surface area contributed by atoms with E-state index in [1.54, 1.807) is 7.11 Å². The van der Waals surface area contributed by atoms with E-state index in [1.807, 2.05) is 25.3 Å². The second kappa shape index (κ2) is 5.89. The maximum Gasteiger partial charge on any atom is 0.207 e. The lowest BCUT2D eigenvalue weighted by molar-refractivity contribution is 0.163. The van der Waals surface area contributed by atoms with Gasteiger partial charge in [-0.1, -0.05) is 12.1 Å². The molecule has 4 heteroatoms. The van der Waals surface area contributed by atoms with E-state index in [1.165, 1.54) is 5.56 Å². The Bertz CT molecular complexity index is 548. The maximum absolute atomic E-state index is 5.22. The molecule has 19 heavy (non-hydrogen) atoms. The summed E-state index contributed by atoms with van der Waals surface area (Å²) >= 11 is 0. The Kier molecular flexibility index (Phi) is 4.22. The van der Waals surface area contributed by atoms with Crippen molar-refractivity contribution in [3.8, 4) is 0 Å². The van der Waals surface area contributed by atoms with Gasteiger partial charge < -0.3 is 14.6 Å². The number of nitrogens with zero attached hydrogens (tertiary/aromatic N) is 2. The maximum atomic E-state index is 5.22. The number of hydrogen-bond donors (Lipinski definition) is 1. The first-order valence-electron chi connectivity index (χ1n) is 6.48. The summed E-state index contributed by atoms with van der Waals surface area (Å²) in [5, 5.41) is 3.37. The molecule has 1 aromatic carbocycles. The van der Waals surface area contributed by atoms with Crippen molar-refractivity contribution in [3.05, 3.63) is 41.7 Å². The van der Waals surface area contributed by atoms with Gasteiger partial charge in [0.15, 0.2) is 0 Å². The van der Waals surface area contributed by atoms with E-state index in [4.69, 9.17) is 4.74 Å². The summed E-state index contributed by atoms with van der Waals surface area (Å²) in [6, 6.07) is 8.52. The van der Waals surface area contributed by atoms with Crippen LogP contribution in [0.5, 0.6) is 0 Å². The first kappa shape index (κ1) is 13.6. The van der Waals surface area contributed by atoms with Crippen molar-refractivity contribution in [2.45, 2.75) is 26.8 Å². The van der Waals surface area contributed by atoms with E-state index >= 15 is 0 Å². The fourth-order valence-corrected chi connectivity index (χ4v) is 2.12. The number of aromatic nitrogens is 2. The standard InChI is InChI=1S/C15H21N3O/c1-11-6-5-7-14(8-11)17-15-16-12(2)9-18(15)13(3)10-19-4/h5-9,13H,10H2,1-4H3,(H,16,17). The molecule has 0 saturated heterocycles. The second-order valence-corrected chi connectivity index (χ2v) is 4.91. The highest BCUT2D eigenvalue weighted by atomic mass is 16.5. The topological polar surface area (TPSA) is 39.1 Å². The van der Waals surface area contributed by atoms with Crippen LogP contribution in [0.15, 0.2) is 30.5 Å². The van der Waals surface area contributed by atoms with Crippen molar-refractivity contribution in [2.24, 2.45) is 0 Å². The molecule has 0 bridgehead atoms. The minimum Gasteiger partial charge on any atom is -0.383 e. The van der Waals surface area contributed by atoms with Crippen molar-refractivity contribution in [3.63, 3.8) is 0 Å². The SMILES string of the molecule is COCC(C)n1cc(C)nc1Nc1cccc(C)c1. The summed E-state index contributed by atoms with van der Waals surface area (Å²) in [6.45, 7) is 6.86. The van der Waals surface area contributed by atoms with Crippen LogP contribution in [-0.2, 0) is 4.74 Å². The predicted octanol–water partition coefficient (Wildman–Crippen LogP) is 3.45. The van der Waals surface area contributed by atoms with Crippen LogP contribution < -0.4 is 5.32 Å². The summed E-state index contributed by atoms with van der Waals surface area (Å²) < 4.78 is 7.33. The van der Waals surface area contributed by atoms with Gasteiger partial charge in [-0.05, 0) is 38.5 Å². The molecule has 2 rings (SSSR count). The Morgan fingerprint density at radius 3 is 2.84 bits per heavy atom. The van der Waals surface area contributed by atoms with E-state index in [-0.39, 0.29) is 6.04 Å². The molecule has 0 radical (unpaired) electrons. The van der Waals surface area contributed by atoms with Crippen LogP contribution in [0.4, 0.5) is 11.6 Å². The van der Waals surface area contributed by atoms with Crippen molar-refractivity contribution >= 4 is 11.6 Å². The van der Waals surface area contributed by atoms with Crippen LogP contribution in [0.2, 0.25) is 0 Å². The third-order valence-electron chi connectivity index (χ3n) is 3.01. The summed E-state index contributed by atoms with van der Waals surface area (Å²) in [5.74, 6) is 0.854. The van der Waals surface area contributed by atoms with Gasteiger partial charge in [0.1, 0.15) is 0 Å². The van der Waals surface area contributed by atoms with Crippen LogP contribution >= 0.6 is 0 Å². The minimum atomic E-state index is 0.249. The molecule has 0 aliphatic heterocycles. The van der Waals surface area contributed by atoms with E-state index in [2.05, 4.69) is 40.8 Å². The fourth-order valence-electron chi connectivity index (χ4n) is 2.12. The van der Waals surface area contributed by atoms with Gasteiger partial charge >= 0.3 is 0 Å². The third-order valence-corrected chi connectivity index (χ3v) is 3.01. The molecule has 0 aliphatic rings. The molecule has 0 spiro atoms. The minimum absolute atomic E-state index is 0.249. The van der Waals surface area contributed by atoms with Gasteiger partial charge in [-0.2, -0.15) is 0 Å². The van der Waals surface area contributed by atoms with E-state index in [9.17, 15) is 0 Å². The Balaban J connectivity index is 2.24. The Morgan fingerprint density at radius 1 is 1.37 bits per heavy atom. The number of rotatable bonds is 5. The molecule has 1 unspecified atom stereocenters. The first-order valence-corrected chi connectivity index (χ1v) is 6.48. The summed E-state index contributed by atoms with van der Waals surface area (Å²) in [4.78, 5) is 4.54. The average Bonchev–Trinajstić information content (AvgIpc) is 2.70. The summed E-state index contributed by atoms with van der Waals surface area (Å²) in [7, 11) is 1.72. The van der Waals surface area contributed by atoms with Crippen LogP contribution in [0.1, 0.15) is 24.2 Å². The molecule has 102 valence electrons. The van der Waals surface area contributed by atoms with Gasteiger partial charge in [-0.3, -0.25) is 0 Å². The normalized spacial score (nSPS) is 12.4. The molecule has 0 aliphatic carbocycles. The van der Waals surface area contributed by atoms with Crippen LogP contribution in [0, 0.1) is 13.8 Å². The quantitative estimate of drug-likeness (QED) is 0.894. The number of hydrogen-bond acceptors (Lipinski definition) is 3. The molecule has 0 amide bonds. The average molecular weight is 259 g/mol. The highest BCUT2D eigenvalue weighted by Gasteiger charge is 2.11. The number of ether oxygens (including phenoxy) is 1. The lowest BCUT2D eigenvalue weighted by Crippen LogP contribution is -2.12. The number of anilines is 2. The Morgan fingerprint density at radius 2 is 2.16 bits per heavy atom. The van der Waals surface area contributed by atoms with Gasteiger partial charge in [0.05, 0.1) is 18.3 Å². The van der Waals surface area contributed by atoms with Gasteiger partial charge in [-0.25, -0.2) is 4.98 Å². The fraction of sp³-hybridized carbons (Fsp3) is 0.400. The molecule has 2 aromatic rings. The summed E-state index contributed by atoms with van der Waals surface area (Å²) in [6.07, 6.45) is 2.04. The Labute approximate surface area is 114 Å². The third kappa shape index (κ3) is 3.35. The highest BCUT2D eigenvalue weighted by molar-refractivity contribution is 5.55. The predicted molar refractivity (Wildman–Crippen MR) is 78.0 cm³/mol. The van der Waals surface area contributed by atoms with Crippen molar-refractivity contribution in [1.29, 1.82) is 0 Å². The highest BCUT2D eigenvalue weighted by Crippen LogP contribution is 2.21. The first-order chi connectivity index (χ1) is 9.10. The smallest absolute Gasteiger partial charge is 0.207 e. The van der Waals surface area contributed by atoms with Crippen molar-refractivity contribution in [1.82, 2.24) is 9.55 Å². The van der Waals surface area contributed by atoms with E-state index in [0.717, 1.165) is 17.3 Å². The van der Waals surface area contributed by atoms with Crippen LogP contribution in [-0.4, -0.2) is 23.3 Å². The number of benzene rings is 1. The van der Waals surface area contributed by atoms with Crippen LogP contribution in [0.25, 0.3) is 0 Å². The summed E-state index contributed by atoms with van der Waals surface area (Å²) in [5.41, 5.74) is 3.28. The van der Waals surface area contributed by atoms with Crippen molar-refractivity contribution in [2.75, 3.05) is 19.0 Å². The largest absolute Gasteiger partial charge is 0.383 e. The molecule has 4 nitrogen and oxygen atoms in total. The van der Waals surface area contributed by atoms with Gasteiger partial charge in [0.2, 0.25) is 5.95 Å². The number of aryl methyl sites for hydroxylation is 2. The molecule has 0 saturated carbocycles. The number of imidazole rings is 1. The zero-order chi connectivity index (χ0) is 13.8. The van der Waals surface area contributed by atoms with Gasteiger partial charge in [0.25, 0.3) is 0 Å². The van der Waals surface area contributed by atoms with E-state index in [0.29, 0.717) is 6.61 Å². The van der Waals surface area contributed by atoms with E-state index < -0.39 is 0 Å². The lowest BCUT2D eigenvalue weighted by Gasteiger charge is -2.16. The zero-order valence-electron chi connectivity index (χ0n) is 12.0. The monoisotopic (exact) mass is 259 g/mol. The zero-order valence-corrected chi connectivity index (χ0v) is 12.0. The second-order valence-electron chi connectivity index (χ2n) is 4.91. The Hall–Kier alpha value is -1.81. The van der Waals surface area contributed by atoms with Gasteiger partial charge in [0, 0.05) is 19.0 Å². The molecular weight excluding hydrogens is 238 g/mol. The molecule has 0 fully saturated rings.